The molecular formula is C17H16S2. The van der Waals surface area contributed by atoms with Gasteiger partial charge in [-0.15, -0.1) is 11.3 Å². The van der Waals surface area contributed by atoms with E-state index in [0.717, 1.165) is 0 Å². The van der Waals surface area contributed by atoms with Gasteiger partial charge in [-0.05, 0) is 39.0 Å². The first kappa shape index (κ1) is 13.8. The van der Waals surface area contributed by atoms with Gasteiger partial charge in [0.25, 0.3) is 0 Å². The number of hydrogen-bond donors (Lipinski definition) is 0. The third kappa shape index (κ3) is 3.03. The molecule has 2 heterocycles. The molecule has 2 aromatic heterocycles. The minimum atomic E-state index is 0. The number of thiophene rings is 2. The predicted octanol–water partition coefficient (Wildman–Crippen LogP) is 6.44. The van der Waals surface area contributed by atoms with E-state index in [0.29, 0.717) is 0 Å². The van der Waals surface area contributed by atoms with Crippen molar-refractivity contribution in [1.82, 2.24) is 0 Å². The summed E-state index contributed by atoms with van der Waals surface area (Å²) in [6, 6.07) is 19.1. The Labute approximate surface area is 122 Å². The zero-order chi connectivity index (χ0) is 12.2. The van der Waals surface area contributed by atoms with Crippen LogP contribution in [0.1, 0.15) is 7.43 Å². The summed E-state index contributed by atoms with van der Waals surface area (Å²) >= 11 is 3.52. The Kier molecular flexibility index (Phi) is 4.72. The molecule has 0 saturated carbocycles. The first-order chi connectivity index (χ1) is 8.95. The van der Waals surface area contributed by atoms with Gasteiger partial charge in [-0.2, -0.15) is 11.3 Å². The molecule has 0 nitrogen and oxygen atoms in total. The van der Waals surface area contributed by atoms with Gasteiger partial charge in [0.2, 0.25) is 0 Å². The minimum Gasteiger partial charge on any atom is -0.152 e. The van der Waals surface area contributed by atoms with Crippen LogP contribution in [-0.4, -0.2) is 0 Å². The summed E-state index contributed by atoms with van der Waals surface area (Å²) in [6.07, 6.45) is 0. The third-order valence-corrected chi connectivity index (χ3v) is 4.30. The first-order valence-corrected chi connectivity index (χ1v) is 7.59. The van der Waals surface area contributed by atoms with Crippen LogP contribution in [0.15, 0.2) is 70.7 Å². The molecule has 4 aromatic rings. The van der Waals surface area contributed by atoms with Gasteiger partial charge in [0.15, 0.2) is 0 Å². The van der Waals surface area contributed by atoms with Crippen LogP contribution in [0.5, 0.6) is 0 Å². The van der Waals surface area contributed by atoms with Gasteiger partial charge in [0.1, 0.15) is 0 Å². The van der Waals surface area contributed by atoms with Gasteiger partial charge >= 0.3 is 0 Å². The second-order valence-electron chi connectivity index (χ2n) is 3.91. The molecule has 0 N–H and O–H groups in total. The number of rotatable bonds is 0. The monoisotopic (exact) mass is 284 g/mol. The fourth-order valence-corrected chi connectivity index (χ4v) is 3.21. The average molecular weight is 284 g/mol. The van der Waals surface area contributed by atoms with Crippen LogP contribution in [0.2, 0.25) is 0 Å². The van der Waals surface area contributed by atoms with Crippen molar-refractivity contribution >= 4 is 43.5 Å². The maximum Gasteiger partial charge on any atom is 0.0349 e. The Morgan fingerprint density at radius 3 is 2.16 bits per heavy atom. The normalized spacial score (nSPS) is 9.68. The van der Waals surface area contributed by atoms with Gasteiger partial charge in [-0.1, -0.05) is 49.9 Å². The lowest BCUT2D eigenvalue weighted by molar-refractivity contribution is 1.81. The van der Waals surface area contributed by atoms with E-state index < -0.39 is 0 Å². The molecule has 0 atom stereocenters. The van der Waals surface area contributed by atoms with Gasteiger partial charge in [0.05, 0.1) is 0 Å². The zero-order valence-electron chi connectivity index (χ0n) is 9.74. The summed E-state index contributed by atoms with van der Waals surface area (Å²) in [7, 11) is 0. The highest BCUT2D eigenvalue weighted by Gasteiger charge is 1.98. The maximum absolute atomic E-state index is 2.20. The smallest absolute Gasteiger partial charge is 0.0349 e. The van der Waals surface area contributed by atoms with E-state index in [1.54, 1.807) is 22.7 Å². The summed E-state index contributed by atoms with van der Waals surface area (Å²) in [5.74, 6) is 0. The quantitative estimate of drug-likeness (QED) is 0.348. The van der Waals surface area contributed by atoms with Crippen molar-refractivity contribution in [3.63, 3.8) is 0 Å². The highest BCUT2D eigenvalue weighted by molar-refractivity contribution is 7.17. The van der Waals surface area contributed by atoms with Crippen LogP contribution in [0, 0.1) is 0 Å². The summed E-state index contributed by atoms with van der Waals surface area (Å²) < 4.78 is 1.37. The lowest BCUT2D eigenvalue weighted by atomic mass is 10.1. The van der Waals surface area contributed by atoms with E-state index >= 15 is 0 Å². The van der Waals surface area contributed by atoms with Gasteiger partial charge in [0, 0.05) is 10.1 Å². The molecule has 96 valence electrons. The van der Waals surface area contributed by atoms with Gasteiger partial charge in [-0.3, -0.25) is 0 Å². The maximum atomic E-state index is 2.20. The topological polar surface area (TPSA) is 0 Å². The molecule has 0 unspecified atom stereocenters. The average Bonchev–Trinajstić information content (AvgIpc) is 3.12. The molecular weight excluding hydrogens is 268 g/mol. The molecule has 0 radical (unpaired) electrons. The molecule has 0 spiro atoms. The SMILES string of the molecule is C.c1ccc2c(c1)ccc1sccc12.c1ccsc1. The fraction of sp³-hybridized carbons (Fsp3) is 0.0588. The van der Waals surface area contributed by atoms with Crippen LogP contribution in [0.4, 0.5) is 0 Å². The van der Waals surface area contributed by atoms with Crippen LogP contribution < -0.4 is 0 Å². The van der Waals surface area contributed by atoms with Gasteiger partial charge in [-0.25, -0.2) is 0 Å². The van der Waals surface area contributed by atoms with Crippen molar-refractivity contribution < 1.29 is 0 Å². The Morgan fingerprint density at radius 2 is 1.42 bits per heavy atom. The standard InChI is InChI=1S/C12H8S.C4H4S.CH4/c1-2-4-10-9(3-1)5-6-12-11(10)7-8-13-12;1-2-4-5-3-1;/h1-8H;1-4H;1H4. The largest absolute Gasteiger partial charge is 0.152 e. The second kappa shape index (κ2) is 6.50. The highest BCUT2D eigenvalue weighted by Crippen LogP contribution is 2.28. The lowest BCUT2D eigenvalue weighted by Crippen LogP contribution is -1.70. The van der Waals surface area contributed by atoms with Crippen molar-refractivity contribution in [3.05, 3.63) is 70.7 Å². The molecule has 0 aliphatic carbocycles. The second-order valence-corrected chi connectivity index (χ2v) is 5.68. The Balaban J connectivity index is 0.000000190. The van der Waals surface area contributed by atoms with Crippen LogP contribution in [0.25, 0.3) is 20.9 Å². The number of fused-ring (bicyclic) bond motifs is 3. The van der Waals surface area contributed by atoms with Crippen molar-refractivity contribution in [2.24, 2.45) is 0 Å². The minimum absolute atomic E-state index is 0. The van der Waals surface area contributed by atoms with Crippen molar-refractivity contribution in [1.29, 1.82) is 0 Å². The molecule has 0 bridgehead atoms. The highest BCUT2D eigenvalue weighted by atomic mass is 32.1. The number of hydrogen-bond acceptors (Lipinski definition) is 2. The van der Waals surface area contributed by atoms with E-state index in [4.69, 9.17) is 0 Å². The zero-order valence-corrected chi connectivity index (χ0v) is 11.4. The van der Waals surface area contributed by atoms with Crippen molar-refractivity contribution in [2.75, 3.05) is 0 Å². The van der Waals surface area contributed by atoms with Crippen molar-refractivity contribution in [2.45, 2.75) is 7.43 Å². The van der Waals surface area contributed by atoms with E-state index in [9.17, 15) is 0 Å². The third-order valence-electron chi connectivity index (χ3n) is 2.79. The lowest BCUT2D eigenvalue weighted by Gasteiger charge is -1.97. The molecule has 0 aliphatic rings. The molecule has 19 heavy (non-hydrogen) atoms. The molecule has 2 heteroatoms. The molecule has 2 aromatic carbocycles. The van der Waals surface area contributed by atoms with E-state index in [1.165, 1.54) is 20.9 Å². The molecule has 0 fully saturated rings. The van der Waals surface area contributed by atoms with Crippen molar-refractivity contribution in [3.8, 4) is 0 Å². The molecule has 0 amide bonds. The van der Waals surface area contributed by atoms with Crippen LogP contribution in [-0.2, 0) is 0 Å². The Bertz CT molecular complexity index is 719. The van der Waals surface area contributed by atoms with Crippen LogP contribution >= 0.6 is 22.7 Å². The summed E-state index contributed by atoms with van der Waals surface area (Å²) in [5.41, 5.74) is 0. The fourth-order valence-electron chi connectivity index (χ4n) is 1.95. The van der Waals surface area contributed by atoms with E-state index in [-0.39, 0.29) is 7.43 Å². The molecule has 4 rings (SSSR count). The summed E-state index contributed by atoms with van der Waals surface area (Å²) in [4.78, 5) is 0. The summed E-state index contributed by atoms with van der Waals surface area (Å²) in [5, 5.41) is 10.3. The van der Waals surface area contributed by atoms with E-state index in [2.05, 4.69) is 47.8 Å². The van der Waals surface area contributed by atoms with E-state index in [1.807, 2.05) is 22.9 Å². The van der Waals surface area contributed by atoms with Crippen LogP contribution in [0.3, 0.4) is 0 Å². The predicted molar refractivity (Wildman–Crippen MR) is 90.4 cm³/mol. The first-order valence-electron chi connectivity index (χ1n) is 5.77. The molecule has 0 aliphatic heterocycles. The summed E-state index contributed by atoms with van der Waals surface area (Å²) in [6.45, 7) is 0. The number of benzene rings is 2. The Morgan fingerprint density at radius 1 is 0.632 bits per heavy atom. The van der Waals surface area contributed by atoms with Gasteiger partial charge < -0.3 is 0 Å². The molecule has 0 saturated heterocycles. The Hall–Kier alpha value is -1.64.